The molecule has 2 atom stereocenters. The van der Waals surface area contributed by atoms with Crippen LogP contribution in [-0.4, -0.2) is 48.9 Å². The zero-order valence-electron chi connectivity index (χ0n) is 12.6. The minimum atomic E-state index is -1.12. The molecule has 1 fully saturated rings. The number of alkyl halides is 1. The van der Waals surface area contributed by atoms with E-state index in [1.165, 1.54) is 12.0 Å². The van der Waals surface area contributed by atoms with E-state index in [-0.39, 0.29) is 24.9 Å². The molecule has 1 heterocycles. The topological polar surface area (TPSA) is 55.8 Å². The molecule has 0 saturated carbocycles. The van der Waals surface area contributed by atoms with E-state index in [9.17, 15) is 14.0 Å². The van der Waals surface area contributed by atoms with Gasteiger partial charge < -0.3 is 14.4 Å². The standard InChI is InChI=1S/C14H24FNO4/c1-14(2,3)20-13(18)16-8-7-10(11(15)9-16)5-6-12(17)19-4/h10-11H,5-9H2,1-4H3/t10-,11+/m0/s1. The summed E-state index contributed by atoms with van der Waals surface area (Å²) in [4.78, 5) is 24.3. The van der Waals surface area contributed by atoms with Crippen LogP contribution in [0.5, 0.6) is 0 Å². The van der Waals surface area contributed by atoms with E-state index in [0.29, 0.717) is 19.4 Å². The third kappa shape index (κ3) is 5.35. The molecular formula is C14H24FNO4. The zero-order valence-corrected chi connectivity index (χ0v) is 12.6. The lowest BCUT2D eigenvalue weighted by molar-refractivity contribution is -0.141. The number of esters is 1. The van der Waals surface area contributed by atoms with Gasteiger partial charge in [-0.1, -0.05) is 0 Å². The largest absolute Gasteiger partial charge is 0.469 e. The van der Waals surface area contributed by atoms with Crippen LogP contribution in [0.25, 0.3) is 0 Å². The fraction of sp³-hybridized carbons (Fsp3) is 0.857. The fourth-order valence-corrected chi connectivity index (χ4v) is 2.18. The number of rotatable bonds is 3. The van der Waals surface area contributed by atoms with Crippen molar-refractivity contribution < 1.29 is 23.5 Å². The molecule has 0 aromatic heterocycles. The molecule has 5 nitrogen and oxygen atoms in total. The summed E-state index contributed by atoms with van der Waals surface area (Å²) in [6.45, 7) is 5.82. The molecule has 0 aliphatic carbocycles. The minimum absolute atomic E-state index is 0.0285. The molecular weight excluding hydrogens is 265 g/mol. The van der Waals surface area contributed by atoms with Crippen LogP contribution in [-0.2, 0) is 14.3 Å². The predicted molar refractivity (Wildman–Crippen MR) is 72.1 cm³/mol. The van der Waals surface area contributed by atoms with E-state index in [0.717, 1.165) is 0 Å². The van der Waals surface area contributed by atoms with Gasteiger partial charge in [-0.15, -0.1) is 0 Å². The number of carbonyl (C=O) groups excluding carboxylic acids is 2. The molecule has 0 aromatic carbocycles. The number of ether oxygens (including phenoxy) is 2. The number of hydrogen-bond donors (Lipinski definition) is 0. The molecule has 1 rings (SSSR count). The zero-order chi connectivity index (χ0) is 15.3. The van der Waals surface area contributed by atoms with Crippen molar-refractivity contribution in [2.45, 2.75) is 51.8 Å². The Morgan fingerprint density at radius 2 is 2.00 bits per heavy atom. The first-order valence-corrected chi connectivity index (χ1v) is 6.91. The van der Waals surface area contributed by atoms with Crippen LogP contribution >= 0.6 is 0 Å². The van der Waals surface area contributed by atoms with Gasteiger partial charge in [-0.25, -0.2) is 9.18 Å². The monoisotopic (exact) mass is 289 g/mol. The summed E-state index contributed by atoms with van der Waals surface area (Å²) in [5, 5.41) is 0. The van der Waals surface area contributed by atoms with Crippen molar-refractivity contribution in [3.8, 4) is 0 Å². The third-order valence-electron chi connectivity index (χ3n) is 3.27. The maximum absolute atomic E-state index is 14.0. The van der Waals surface area contributed by atoms with E-state index in [2.05, 4.69) is 4.74 Å². The molecule has 20 heavy (non-hydrogen) atoms. The lowest BCUT2D eigenvalue weighted by atomic mass is 9.91. The molecule has 0 N–H and O–H groups in total. The first kappa shape index (κ1) is 16.7. The van der Waals surface area contributed by atoms with Gasteiger partial charge >= 0.3 is 12.1 Å². The second-order valence-electron chi connectivity index (χ2n) is 6.11. The number of nitrogens with zero attached hydrogens (tertiary/aromatic N) is 1. The van der Waals surface area contributed by atoms with Crippen LogP contribution < -0.4 is 0 Å². The number of likely N-dealkylation sites (tertiary alicyclic amines) is 1. The molecule has 1 saturated heterocycles. The molecule has 1 aliphatic heterocycles. The summed E-state index contributed by atoms with van der Waals surface area (Å²) in [5.74, 6) is -0.528. The van der Waals surface area contributed by atoms with Gasteiger partial charge in [0.2, 0.25) is 0 Å². The van der Waals surface area contributed by atoms with Crippen molar-refractivity contribution in [3.63, 3.8) is 0 Å². The summed E-state index contributed by atoms with van der Waals surface area (Å²) in [7, 11) is 1.32. The van der Waals surface area contributed by atoms with Gasteiger partial charge in [0, 0.05) is 13.0 Å². The van der Waals surface area contributed by atoms with Gasteiger partial charge in [-0.05, 0) is 39.5 Å². The number of halogens is 1. The second kappa shape index (κ2) is 6.90. The lowest BCUT2D eigenvalue weighted by Crippen LogP contribution is -2.46. The highest BCUT2D eigenvalue weighted by Crippen LogP contribution is 2.26. The SMILES string of the molecule is COC(=O)CC[C@H]1CCN(C(=O)OC(C)(C)C)C[C@H]1F. The summed E-state index contributed by atoms with van der Waals surface area (Å²) in [6.07, 6.45) is -0.394. The van der Waals surface area contributed by atoms with Crippen LogP contribution in [0.3, 0.4) is 0 Å². The van der Waals surface area contributed by atoms with Crippen molar-refractivity contribution in [1.82, 2.24) is 4.90 Å². The molecule has 0 spiro atoms. The van der Waals surface area contributed by atoms with Crippen molar-refractivity contribution in [2.24, 2.45) is 5.92 Å². The molecule has 0 aromatic rings. The molecule has 0 bridgehead atoms. The average Bonchev–Trinajstić information content (AvgIpc) is 2.34. The predicted octanol–water partition coefficient (Wildman–Crippen LogP) is 2.53. The van der Waals surface area contributed by atoms with Crippen LogP contribution in [0, 0.1) is 5.92 Å². The van der Waals surface area contributed by atoms with E-state index in [4.69, 9.17) is 4.74 Å². The van der Waals surface area contributed by atoms with Crippen LogP contribution in [0.2, 0.25) is 0 Å². The number of piperidine rings is 1. The molecule has 0 radical (unpaired) electrons. The Labute approximate surface area is 119 Å². The Morgan fingerprint density at radius 3 is 2.50 bits per heavy atom. The van der Waals surface area contributed by atoms with Crippen molar-refractivity contribution in [3.05, 3.63) is 0 Å². The summed E-state index contributed by atoms with van der Waals surface area (Å²) >= 11 is 0. The summed E-state index contributed by atoms with van der Waals surface area (Å²) < 4.78 is 23.8. The van der Waals surface area contributed by atoms with E-state index in [1.807, 2.05) is 0 Å². The van der Waals surface area contributed by atoms with Crippen molar-refractivity contribution in [1.29, 1.82) is 0 Å². The minimum Gasteiger partial charge on any atom is -0.469 e. The maximum Gasteiger partial charge on any atom is 0.410 e. The van der Waals surface area contributed by atoms with Crippen molar-refractivity contribution in [2.75, 3.05) is 20.2 Å². The third-order valence-corrected chi connectivity index (χ3v) is 3.27. The Balaban J connectivity index is 2.43. The van der Waals surface area contributed by atoms with Crippen LogP contribution in [0.1, 0.15) is 40.0 Å². The van der Waals surface area contributed by atoms with Gasteiger partial charge in [0.25, 0.3) is 0 Å². The van der Waals surface area contributed by atoms with Gasteiger partial charge in [0.15, 0.2) is 0 Å². The van der Waals surface area contributed by atoms with E-state index >= 15 is 0 Å². The number of amides is 1. The molecule has 1 aliphatic rings. The first-order valence-electron chi connectivity index (χ1n) is 6.91. The molecule has 6 heteroatoms. The van der Waals surface area contributed by atoms with Gasteiger partial charge in [0.1, 0.15) is 11.8 Å². The van der Waals surface area contributed by atoms with Crippen LogP contribution in [0.15, 0.2) is 0 Å². The highest BCUT2D eigenvalue weighted by Gasteiger charge is 2.33. The quantitative estimate of drug-likeness (QED) is 0.749. The molecule has 116 valence electrons. The smallest absolute Gasteiger partial charge is 0.410 e. The molecule has 0 unspecified atom stereocenters. The van der Waals surface area contributed by atoms with Crippen molar-refractivity contribution >= 4 is 12.1 Å². The number of hydrogen-bond acceptors (Lipinski definition) is 4. The van der Waals surface area contributed by atoms with Gasteiger partial charge in [-0.3, -0.25) is 4.79 Å². The Bertz CT molecular complexity index is 354. The Hall–Kier alpha value is -1.33. The first-order chi connectivity index (χ1) is 9.23. The lowest BCUT2D eigenvalue weighted by Gasteiger charge is -2.35. The Morgan fingerprint density at radius 1 is 1.35 bits per heavy atom. The average molecular weight is 289 g/mol. The number of carbonyl (C=O) groups is 2. The maximum atomic E-state index is 14.0. The number of methoxy groups -OCH3 is 1. The van der Waals surface area contributed by atoms with E-state index in [1.54, 1.807) is 20.8 Å². The van der Waals surface area contributed by atoms with Crippen LogP contribution in [0.4, 0.5) is 9.18 Å². The fourth-order valence-electron chi connectivity index (χ4n) is 2.18. The molecule has 1 amide bonds. The van der Waals surface area contributed by atoms with Gasteiger partial charge in [0.05, 0.1) is 13.7 Å². The highest BCUT2D eigenvalue weighted by molar-refractivity contribution is 5.69. The summed E-state index contributed by atoms with van der Waals surface area (Å²) in [5.41, 5.74) is -0.579. The summed E-state index contributed by atoms with van der Waals surface area (Å²) in [6, 6.07) is 0. The second-order valence-corrected chi connectivity index (χ2v) is 6.11. The van der Waals surface area contributed by atoms with E-state index < -0.39 is 17.9 Å². The normalized spacial score (nSPS) is 23.4. The van der Waals surface area contributed by atoms with Gasteiger partial charge in [-0.2, -0.15) is 0 Å². The Kier molecular flexibility index (Phi) is 5.77. The highest BCUT2D eigenvalue weighted by atomic mass is 19.1.